The molecule has 0 saturated heterocycles. The highest BCUT2D eigenvalue weighted by molar-refractivity contribution is 5.49. The van der Waals surface area contributed by atoms with Crippen LogP contribution in [0.5, 0.6) is 0 Å². The van der Waals surface area contributed by atoms with Crippen molar-refractivity contribution in [2.24, 2.45) is 11.7 Å². The normalized spacial score (nSPS) is 16.1. The van der Waals surface area contributed by atoms with Gasteiger partial charge in [0.15, 0.2) is 0 Å². The van der Waals surface area contributed by atoms with Gasteiger partial charge in [0.1, 0.15) is 0 Å². The maximum atomic E-state index is 5.68. The van der Waals surface area contributed by atoms with E-state index in [1.54, 1.807) is 0 Å². The Bertz CT molecular complexity index is 320. The molecule has 2 N–H and O–H groups in total. The van der Waals surface area contributed by atoms with E-state index < -0.39 is 0 Å². The Labute approximate surface area is 91.3 Å². The van der Waals surface area contributed by atoms with E-state index in [0.29, 0.717) is 6.54 Å². The fourth-order valence-electron chi connectivity index (χ4n) is 2.10. The van der Waals surface area contributed by atoms with Gasteiger partial charge < -0.3 is 10.6 Å². The van der Waals surface area contributed by atoms with Gasteiger partial charge in [-0.2, -0.15) is 0 Å². The summed E-state index contributed by atoms with van der Waals surface area (Å²) in [7, 11) is 2.13. The first-order chi connectivity index (χ1) is 7.31. The largest absolute Gasteiger partial charge is 0.373 e. The third-order valence-electron chi connectivity index (χ3n) is 3.23. The van der Waals surface area contributed by atoms with E-state index in [9.17, 15) is 0 Å². The van der Waals surface area contributed by atoms with Crippen LogP contribution in [0.4, 0.5) is 5.69 Å². The quantitative estimate of drug-likeness (QED) is 0.814. The third kappa shape index (κ3) is 2.29. The zero-order valence-corrected chi connectivity index (χ0v) is 9.32. The molecule has 3 nitrogen and oxygen atoms in total. The predicted molar refractivity (Wildman–Crippen MR) is 62.7 cm³/mol. The SMILES string of the molecule is CN(CC1CCC1)c1cccnc1CN. The van der Waals surface area contributed by atoms with Gasteiger partial charge in [0, 0.05) is 26.3 Å². The summed E-state index contributed by atoms with van der Waals surface area (Å²) in [5.74, 6) is 0.876. The van der Waals surface area contributed by atoms with Crippen molar-refractivity contribution < 1.29 is 0 Å². The van der Waals surface area contributed by atoms with Crippen LogP contribution in [0.1, 0.15) is 25.0 Å². The number of pyridine rings is 1. The van der Waals surface area contributed by atoms with Crippen molar-refractivity contribution >= 4 is 5.69 Å². The average Bonchev–Trinajstić information content (AvgIpc) is 2.23. The lowest BCUT2D eigenvalue weighted by Gasteiger charge is -2.31. The van der Waals surface area contributed by atoms with Gasteiger partial charge in [-0.05, 0) is 30.9 Å². The second-order valence-electron chi connectivity index (χ2n) is 4.35. The average molecular weight is 205 g/mol. The minimum Gasteiger partial charge on any atom is -0.373 e. The zero-order chi connectivity index (χ0) is 10.7. The molecule has 1 aliphatic rings. The molecule has 0 radical (unpaired) electrons. The number of hydrogen-bond donors (Lipinski definition) is 1. The van der Waals surface area contributed by atoms with E-state index in [1.807, 2.05) is 12.3 Å². The van der Waals surface area contributed by atoms with Crippen LogP contribution < -0.4 is 10.6 Å². The fraction of sp³-hybridized carbons (Fsp3) is 0.583. The summed E-state index contributed by atoms with van der Waals surface area (Å²) >= 11 is 0. The van der Waals surface area contributed by atoms with Gasteiger partial charge in [-0.25, -0.2) is 0 Å². The van der Waals surface area contributed by atoms with Crippen molar-refractivity contribution in [3.05, 3.63) is 24.0 Å². The molecule has 3 heteroatoms. The fourth-order valence-corrected chi connectivity index (χ4v) is 2.10. The molecule has 0 amide bonds. The first kappa shape index (κ1) is 10.4. The van der Waals surface area contributed by atoms with Gasteiger partial charge in [0.2, 0.25) is 0 Å². The van der Waals surface area contributed by atoms with Crippen LogP contribution in [0, 0.1) is 5.92 Å². The van der Waals surface area contributed by atoms with Crippen LogP contribution in [0.2, 0.25) is 0 Å². The maximum Gasteiger partial charge on any atom is 0.0772 e. The van der Waals surface area contributed by atoms with Crippen molar-refractivity contribution in [2.45, 2.75) is 25.8 Å². The number of hydrogen-bond acceptors (Lipinski definition) is 3. The van der Waals surface area contributed by atoms with Gasteiger partial charge in [-0.15, -0.1) is 0 Å². The molecular weight excluding hydrogens is 186 g/mol. The standard InChI is InChI=1S/C12H19N3/c1-15(9-10-4-2-5-10)12-6-3-7-14-11(12)8-13/h3,6-7,10H,2,4-5,8-9,13H2,1H3. The number of anilines is 1. The van der Waals surface area contributed by atoms with Crippen LogP contribution >= 0.6 is 0 Å². The molecule has 2 rings (SSSR count). The Morgan fingerprint density at radius 2 is 2.33 bits per heavy atom. The molecule has 0 aromatic carbocycles. The summed E-state index contributed by atoms with van der Waals surface area (Å²) in [6.45, 7) is 1.66. The van der Waals surface area contributed by atoms with Gasteiger partial charge in [0.25, 0.3) is 0 Å². The van der Waals surface area contributed by atoms with Crippen LogP contribution in [-0.2, 0) is 6.54 Å². The van der Waals surface area contributed by atoms with Gasteiger partial charge in [-0.1, -0.05) is 6.42 Å². The molecule has 82 valence electrons. The molecule has 0 bridgehead atoms. The zero-order valence-electron chi connectivity index (χ0n) is 9.32. The first-order valence-corrected chi connectivity index (χ1v) is 5.66. The number of nitrogens with two attached hydrogens (primary N) is 1. The molecular formula is C12H19N3. The third-order valence-corrected chi connectivity index (χ3v) is 3.23. The van der Waals surface area contributed by atoms with E-state index in [2.05, 4.69) is 23.0 Å². The second kappa shape index (κ2) is 4.62. The molecule has 0 atom stereocenters. The van der Waals surface area contributed by atoms with Gasteiger partial charge >= 0.3 is 0 Å². The lowest BCUT2D eigenvalue weighted by Crippen LogP contribution is -2.30. The Balaban J connectivity index is 2.05. The Kier molecular flexibility index (Phi) is 3.21. The molecule has 0 spiro atoms. The summed E-state index contributed by atoms with van der Waals surface area (Å²) in [4.78, 5) is 6.59. The van der Waals surface area contributed by atoms with Crippen molar-refractivity contribution in [3.63, 3.8) is 0 Å². The molecule has 15 heavy (non-hydrogen) atoms. The topological polar surface area (TPSA) is 42.2 Å². The molecule has 1 heterocycles. The van der Waals surface area contributed by atoms with E-state index >= 15 is 0 Å². The van der Waals surface area contributed by atoms with Crippen molar-refractivity contribution in [2.75, 3.05) is 18.5 Å². The predicted octanol–water partition coefficient (Wildman–Crippen LogP) is 1.78. The minimum atomic E-state index is 0.519. The number of aromatic nitrogens is 1. The van der Waals surface area contributed by atoms with Gasteiger partial charge in [-0.3, -0.25) is 4.98 Å². The van der Waals surface area contributed by atoms with Crippen LogP contribution in [-0.4, -0.2) is 18.6 Å². The first-order valence-electron chi connectivity index (χ1n) is 5.66. The summed E-state index contributed by atoms with van der Waals surface area (Å²) in [6, 6.07) is 4.08. The van der Waals surface area contributed by atoms with Crippen LogP contribution in [0.15, 0.2) is 18.3 Å². The molecule has 1 aromatic rings. The monoisotopic (exact) mass is 205 g/mol. The summed E-state index contributed by atoms with van der Waals surface area (Å²) in [6.07, 6.45) is 5.96. The Morgan fingerprint density at radius 3 is 2.93 bits per heavy atom. The van der Waals surface area contributed by atoms with Crippen molar-refractivity contribution in [1.82, 2.24) is 4.98 Å². The molecule has 0 aliphatic heterocycles. The molecule has 1 aromatic heterocycles. The highest BCUT2D eigenvalue weighted by Crippen LogP contribution is 2.28. The van der Waals surface area contributed by atoms with E-state index in [-0.39, 0.29) is 0 Å². The lowest BCUT2D eigenvalue weighted by molar-refractivity contribution is 0.321. The Hall–Kier alpha value is -1.09. The summed E-state index contributed by atoms with van der Waals surface area (Å²) in [5.41, 5.74) is 7.86. The van der Waals surface area contributed by atoms with Crippen LogP contribution in [0.25, 0.3) is 0 Å². The van der Waals surface area contributed by atoms with E-state index in [0.717, 1.165) is 18.2 Å². The maximum absolute atomic E-state index is 5.68. The number of nitrogens with zero attached hydrogens (tertiary/aromatic N) is 2. The molecule has 1 fully saturated rings. The lowest BCUT2D eigenvalue weighted by atomic mass is 9.85. The van der Waals surface area contributed by atoms with Crippen LogP contribution in [0.3, 0.4) is 0 Å². The molecule has 0 unspecified atom stereocenters. The van der Waals surface area contributed by atoms with E-state index in [4.69, 9.17) is 5.73 Å². The van der Waals surface area contributed by atoms with E-state index in [1.165, 1.54) is 24.9 Å². The van der Waals surface area contributed by atoms with Crippen molar-refractivity contribution in [1.29, 1.82) is 0 Å². The smallest absolute Gasteiger partial charge is 0.0772 e. The molecule has 1 aliphatic carbocycles. The second-order valence-corrected chi connectivity index (χ2v) is 4.35. The van der Waals surface area contributed by atoms with Crippen molar-refractivity contribution in [3.8, 4) is 0 Å². The highest BCUT2D eigenvalue weighted by Gasteiger charge is 2.20. The highest BCUT2D eigenvalue weighted by atomic mass is 15.1. The minimum absolute atomic E-state index is 0.519. The number of rotatable bonds is 4. The molecule has 1 saturated carbocycles. The summed E-state index contributed by atoms with van der Waals surface area (Å²) in [5, 5.41) is 0. The van der Waals surface area contributed by atoms with Gasteiger partial charge in [0.05, 0.1) is 11.4 Å². The Morgan fingerprint density at radius 1 is 1.53 bits per heavy atom. The summed E-state index contributed by atoms with van der Waals surface area (Å²) < 4.78 is 0.